The van der Waals surface area contributed by atoms with Crippen LogP contribution in [0.5, 0.6) is 0 Å². The maximum absolute atomic E-state index is 5.88. The van der Waals surface area contributed by atoms with E-state index in [1.165, 1.54) is 0 Å². The lowest BCUT2D eigenvalue weighted by molar-refractivity contribution is -0.0373. The normalized spacial score (nSPS) is 13.8. The van der Waals surface area contributed by atoms with E-state index in [1.54, 1.807) is 6.20 Å². The smallest absolute Gasteiger partial charge is 0.128 e. The Kier molecular flexibility index (Phi) is 4.26. The third kappa shape index (κ3) is 2.71. The van der Waals surface area contributed by atoms with Crippen LogP contribution in [0.15, 0.2) is 18.3 Å². The van der Waals surface area contributed by atoms with Crippen molar-refractivity contribution in [3.8, 4) is 0 Å². The molecule has 0 aromatic carbocycles. The number of ether oxygens (including phenoxy) is 1. The molecular weight excluding hydrogens is 202 g/mol. The molecule has 0 fully saturated rings. The molecule has 0 aliphatic carbocycles. The Morgan fingerprint density at radius 3 is 2.75 bits per heavy atom. The Morgan fingerprint density at radius 1 is 1.56 bits per heavy atom. The van der Waals surface area contributed by atoms with Gasteiger partial charge < -0.3 is 15.8 Å². The molecule has 0 aliphatic rings. The molecule has 1 heterocycles. The number of pyridine rings is 1. The first-order valence-electron chi connectivity index (χ1n) is 5.54. The first kappa shape index (κ1) is 12.9. The predicted octanol–water partition coefficient (Wildman–Crippen LogP) is 1.74. The first-order chi connectivity index (χ1) is 7.53. The van der Waals surface area contributed by atoms with Gasteiger partial charge >= 0.3 is 0 Å². The molecule has 0 amide bonds. The van der Waals surface area contributed by atoms with Gasteiger partial charge in [0.15, 0.2) is 0 Å². The standard InChI is InChI=1S/C12H21N3O/c1-5-16-12(2,3)10(14-4)9-7-6-8-15-11(9)13/h6-8,10,14H,5H2,1-4H3,(H2,13,15). The van der Waals surface area contributed by atoms with Crippen LogP contribution in [0.1, 0.15) is 32.4 Å². The quantitative estimate of drug-likeness (QED) is 0.798. The Balaban J connectivity index is 3.03. The molecule has 1 unspecified atom stereocenters. The molecule has 1 aromatic heterocycles. The molecule has 1 aromatic rings. The maximum Gasteiger partial charge on any atom is 0.128 e. The fourth-order valence-electron chi connectivity index (χ4n) is 2.01. The van der Waals surface area contributed by atoms with Crippen molar-refractivity contribution in [2.45, 2.75) is 32.4 Å². The van der Waals surface area contributed by atoms with Crippen molar-refractivity contribution in [3.63, 3.8) is 0 Å². The fourth-order valence-corrected chi connectivity index (χ4v) is 2.01. The van der Waals surface area contributed by atoms with Crippen LogP contribution in [0.2, 0.25) is 0 Å². The minimum absolute atomic E-state index is 0.0288. The number of nitrogens with two attached hydrogens (primary N) is 1. The van der Waals surface area contributed by atoms with Gasteiger partial charge in [0.25, 0.3) is 0 Å². The van der Waals surface area contributed by atoms with Crippen molar-refractivity contribution in [3.05, 3.63) is 23.9 Å². The lowest BCUT2D eigenvalue weighted by atomic mass is 9.92. The summed E-state index contributed by atoms with van der Waals surface area (Å²) in [6.07, 6.45) is 1.69. The van der Waals surface area contributed by atoms with Crippen LogP contribution >= 0.6 is 0 Å². The van der Waals surface area contributed by atoms with E-state index >= 15 is 0 Å². The van der Waals surface area contributed by atoms with Crippen molar-refractivity contribution >= 4 is 5.82 Å². The average molecular weight is 223 g/mol. The molecule has 0 saturated heterocycles. The minimum Gasteiger partial charge on any atom is -0.383 e. The van der Waals surface area contributed by atoms with Crippen LogP contribution < -0.4 is 11.1 Å². The number of nitrogens with zero attached hydrogens (tertiary/aromatic N) is 1. The number of nitrogen functional groups attached to an aromatic ring is 1. The lowest BCUT2D eigenvalue weighted by Gasteiger charge is -2.34. The molecule has 4 heteroatoms. The van der Waals surface area contributed by atoms with E-state index in [0.29, 0.717) is 12.4 Å². The lowest BCUT2D eigenvalue weighted by Crippen LogP contribution is -2.40. The van der Waals surface area contributed by atoms with Gasteiger partial charge in [0.1, 0.15) is 5.82 Å². The molecular formula is C12H21N3O. The molecule has 0 radical (unpaired) electrons. The van der Waals surface area contributed by atoms with Crippen molar-refractivity contribution in [1.29, 1.82) is 0 Å². The first-order valence-corrected chi connectivity index (χ1v) is 5.54. The van der Waals surface area contributed by atoms with Crippen LogP contribution in [0.25, 0.3) is 0 Å². The monoisotopic (exact) mass is 223 g/mol. The Morgan fingerprint density at radius 2 is 2.25 bits per heavy atom. The summed E-state index contributed by atoms with van der Waals surface area (Å²) in [5.74, 6) is 0.551. The van der Waals surface area contributed by atoms with Crippen molar-refractivity contribution in [1.82, 2.24) is 10.3 Å². The summed E-state index contributed by atoms with van der Waals surface area (Å²) in [7, 11) is 1.90. The van der Waals surface area contributed by atoms with Gasteiger partial charge in [-0.3, -0.25) is 0 Å². The van der Waals surface area contributed by atoms with Gasteiger partial charge in [0, 0.05) is 18.4 Å². The maximum atomic E-state index is 5.88. The number of hydrogen-bond donors (Lipinski definition) is 2. The van der Waals surface area contributed by atoms with Gasteiger partial charge in [-0.25, -0.2) is 4.98 Å². The second-order valence-corrected chi connectivity index (χ2v) is 4.24. The van der Waals surface area contributed by atoms with Gasteiger partial charge in [-0.1, -0.05) is 6.07 Å². The molecule has 90 valence electrons. The summed E-state index contributed by atoms with van der Waals surface area (Å²) < 4.78 is 5.75. The number of nitrogens with one attached hydrogen (secondary N) is 1. The molecule has 16 heavy (non-hydrogen) atoms. The Labute approximate surface area is 97.2 Å². The molecule has 3 N–H and O–H groups in total. The summed E-state index contributed by atoms with van der Waals surface area (Å²) in [5, 5.41) is 3.24. The van der Waals surface area contributed by atoms with Crippen LogP contribution in [-0.4, -0.2) is 24.2 Å². The number of hydrogen-bond acceptors (Lipinski definition) is 4. The van der Waals surface area contributed by atoms with Crippen LogP contribution in [0.3, 0.4) is 0 Å². The number of aromatic nitrogens is 1. The highest BCUT2D eigenvalue weighted by Crippen LogP contribution is 2.30. The zero-order chi connectivity index (χ0) is 12.2. The van der Waals surface area contributed by atoms with E-state index in [-0.39, 0.29) is 11.6 Å². The number of rotatable bonds is 5. The molecule has 0 aliphatic heterocycles. The van der Waals surface area contributed by atoms with E-state index < -0.39 is 0 Å². The SMILES string of the molecule is CCOC(C)(C)C(NC)c1cccnc1N. The summed E-state index contributed by atoms with van der Waals surface area (Å²) in [6.45, 7) is 6.75. The molecule has 1 rings (SSSR count). The molecule has 4 nitrogen and oxygen atoms in total. The van der Waals surface area contributed by atoms with Gasteiger partial charge in [-0.15, -0.1) is 0 Å². The largest absolute Gasteiger partial charge is 0.383 e. The third-order valence-electron chi connectivity index (χ3n) is 2.68. The highest BCUT2D eigenvalue weighted by Gasteiger charge is 2.31. The average Bonchev–Trinajstić information content (AvgIpc) is 2.21. The highest BCUT2D eigenvalue weighted by atomic mass is 16.5. The summed E-state index contributed by atoms with van der Waals surface area (Å²) >= 11 is 0. The van der Waals surface area contributed by atoms with Crippen LogP contribution in [-0.2, 0) is 4.74 Å². The van der Waals surface area contributed by atoms with E-state index in [0.717, 1.165) is 5.56 Å². The van der Waals surface area contributed by atoms with E-state index in [9.17, 15) is 0 Å². The second kappa shape index (κ2) is 5.27. The Bertz CT molecular complexity index is 339. The Hall–Kier alpha value is -1.13. The van der Waals surface area contributed by atoms with Gasteiger partial charge in [-0.2, -0.15) is 0 Å². The molecule has 0 saturated carbocycles. The predicted molar refractivity (Wildman–Crippen MR) is 66.2 cm³/mol. The zero-order valence-electron chi connectivity index (χ0n) is 10.4. The van der Waals surface area contributed by atoms with Crippen LogP contribution in [0, 0.1) is 0 Å². The van der Waals surface area contributed by atoms with E-state index in [1.807, 2.05) is 40.0 Å². The number of anilines is 1. The summed E-state index contributed by atoms with van der Waals surface area (Å²) in [4.78, 5) is 4.10. The number of likely N-dealkylation sites (N-methyl/N-ethyl adjacent to an activating group) is 1. The summed E-state index contributed by atoms with van der Waals surface area (Å²) in [5.41, 5.74) is 6.54. The second-order valence-electron chi connectivity index (χ2n) is 4.24. The molecule has 0 spiro atoms. The summed E-state index contributed by atoms with van der Waals surface area (Å²) in [6, 6.07) is 3.89. The minimum atomic E-state index is -0.319. The fraction of sp³-hybridized carbons (Fsp3) is 0.583. The highest BCUT2D eigenvalue weighted by molar-refractivity contribution is 5.42. The molecule has 1 atom stereocenters. The van der Waals surface area contributed by atoms with Crippen molar-refractivity contribution in [2.75, 3.05) is 19.4 Å². The van der Waals surface area contributed by atoms with E-state index in [4.69, 9.17) is 10.5 Å². The van der Waals surface area contributed by atoms with Gasteiger partial charge in [0.2, 0.25) is 0 Å². The van der Waals surface area contributed by atoms with Crippen LogP contribution in [0.4, 0.5) is 5.82 Å². The van der Waals surface area contributed by atoms with Gasteiger partial charge in [-0.05, 0) is 33.9 Å². The van der Waals surface area contributed by atoms with E-state index in [2.05, 4.69) is 10.3 Å². The zero-order valence-corrected chi connectivity index (χ0v) is 10.4. The topological polar surface area (TPSA) is 60.2 Å². The van der Waals surface area contributed by atoms with Gasteiger partial charge in [0.05, 0.1) is 11.6 Å². The van der Waals surface area contributed by atoms with Crippen molar-refractivity contribution < 1.29 is 4.74 Å². The van der Waals surface area contributed by atoms with Crippen molar-refractivity contribution in [2.24, 2.45) is 0 Å². The third-order valence-corrected chi connectivity index (χ3v) is 2.68. The molecule has 0 bridgehead atoms.